The molecule has 1 N–H and O–H groups in total. The summed E-state index contributed by atoms with van der Waals surface area (Å²) in [6.07, 6.45) is 3.05. The molecule has 2 fully saturated rings. The maximum absolute atomic E-state index is 13.3. The summed E-state index contributed by atoms with van der Waals surface area (Å²) in [5.41, 5.74) is 2.96. The average molecular weight is 401 g/mol. The van der Waals surface area contributed by atoms with Crippen molar-refractivity contribution in [3.8, 4) is 11.3 Å². The second-order valence-electron chi connectivity index (χ2n) is 8.62. The minimum Gasteiger partial charge on any atom is -0.854 e. The molecule has 2 unspecified atom stereocenters. The quantitative estimate of drug-likeness (QED) is 0.791. The second kappa shape index (κ2) is 9.34. The van der Waals surface area contributed by atoms with Gasteiger partial charge in [0.05, 0.1) is 11.9 Å². The second-order valence-corrected chi connectivity index (χ2v) is 8.62. The van der Waals surface area contributed by atoms with Crippen LogP contribution in [-0.4, -0.2) is 84.4 Å². The zero-order chi connectivity index (χ0) is 20.2. The van der Waals surface area contributed by atoms with Gasteiger partial charge >= 0.3 is 0 Å². The van der Waals surface area contributed by atoms with Crippen molar-refractivity contribution in [2.24, 2.45) is 11.8 Å². The number of halogens is 1. The van der Waals surface area contributed by atoms with Crippen LogP contribution < -0.4 is 5.11 Å². The van der Waals surface area contributed by atoms with Crippen molar-refractivity contribution in [2.75, 3.05) is 59.5 Å². The zero-order valence-corrected chi connectivity index (χ0v) is 17.2. The largest absolute Gasteiger partial charge is 0.854 e. The van der Waals surface area contributed by atoms with Crippen molar-refractivity contribution in [2.45, 2.75) is 13.0 Å². The summed E-state index contributed by atoms with van der Waals surface area (Å²) < 4.78 is 13.3. The molecule has 1 aromatic heterocycles. The van der Waals surface area contributed by atoms with Crippen molar-refractivity contribution in [3.63, 3.8) is 0 Å². The number of H-pyrrole nitrogens is 1. The number of rotatable bonds is 6. The molecule has 0 bridgehead atoms. The first-order valence-corrected chi connectivity index (χ1v) is 10.6. The fourth-order valence-electron chi connectivity index (χ4n) is 4.71. The Hall–Kier alpha value is -1.80. The lowest BCUT2D eigenvalue weighted by molar-refractivity contribution is -0.380. The fraction of sp³-hybridized carbons (Fsp3) is 0.591. The van der Waals surface area contributed by atoms with Crippen LogP contribution in [0.3, 0.4) is 0 Å². The Balaban J connectivity index is 1.39. The van der Waals surface area contributed by atoms with Crippen LogP contribution in [0.15, 0.2) is 30.5 Å². The van der Waals surface area contributed by atoms with Gasteiger partial charge in [-0.2, -0.15) is 5.10 Å². The van der Waals surface area contributed by atoms with E-state index in [1.807, 2.05) is 6.20 Å². The van der Waals surface area contributed by atoms with Crippen molar-refractivity contribution < 1.29 is 9.50 Å². The number of likely N-dealkylation sites (N-methyl/N-ethyl adjacent to an activating group) is 1. The van der Waals surface area contributed by atoms with Gasteiger partial charge in [-0.15, -0.1) is 6.61 Å². The smallest absolute Gasteiger partial charge is 0.123 e. The van der Waals surface area contributed by atoms with E-state index in [4.69, 9.17) is 0 Å². The van der Waals surface area contributed by atoms with E-state index in [0.29, 0.717) is 5.92 Å². The van der Waals surface area contributed by atoms with Crippen LogP contribution in [0.5, 0.6) is 0 Å². The lowest BCUT2D eigenvalue weighted by Gasteiger charge is -2.28. The molecule has 29 heavy (non-hydrogen) atoms. The lowest BCUT2D eigenvalue weighted by atomic mass is 9.96. The van der Waals surface area contributed by atoms with Gasteiger partial charge in [0.25, 0.3) is 0 Å². The van der Waals surface area contributed by atoms with Gasteiger partial charge in [0.1, 0.15) is 5.82 Å². The highest BCUT2D eigenvalue weighted by molar-refractivity contribution is 5.62. The van der Waals surface area contributed by atoms with Crippen LogP contribution in [-0.2, 0) is 6.54 Å². The van der Waals surface area contributed by atoms with Gasteiger partial charge in [-0.25, -0.2) is 4.39 Å². The summed E-state index contributed by atoms with van der Waals surface area (Å²) in [7, 11) is 2.19. The molecule has 0 amide bonds. The summed E-state index contributed by atoms with van der Waals surface area (Å²) >= 11 is 0. The summed E-state index contributed by atoms with van der Waals surface area (Å²) in [5.74, 6) is 0.393. The minimum atomic E-state index is -0.241. The van der Waals surface area contributed by atoms with Gasteiger partial charge in [0, 0.05) is 50.4 Å². The molecule has 6 nitrogen and oxygen atoms in total. The third-order valence-corrected chi connectivity index (χ3v) is 6.42. The SMILES string of the molecule is CN1CCCN(CC2CN(Cc3cn[nH]c3-c3ccc(F)cc3)CC2C[O-])CC1. The Bertz CT molecular complexity index is 780. The van der Waals surface area contributed by atoms with Gasteiger partial charge in [-0.1, -0.05) is 0 Å². The van der Waals surface area contributed by atoms with E-state index in [2.05, 4.69) is 31.9 Å². The predicted molar refractivity (Wildman–Crippen MR) is 110 cm³/mol. The molecule has 2 aromatic rings. The van der Waals surface area contributed by atoms with Gasteiger partial charge in [-0.3, -0.25) is 10.00 Å². The first-order valence-electron chi connectivity index (χ1n) is 10.6. The number of nitrogens with one attached hydrogen (secondary N) is 1. The topological polar surface area (TPSA) is 61.5 Å². The standard InChI is InChI=1S/C22H31FN5O/c1-26-7-2-8-27(10-9-26)13-19-14-28(15-20(19)16-29)12-18-11-24-25-22(18)17-3-5-21(23)6-4-17/h3-6,11,19-20H,2,7-10,12-16H2,1H3,(H,24,25)/q-1. The van der Waals surface area contributed by atoms with E-state index in [1.165, 1.54) is 18.6 Å². The first kappa shape index (κ1) is 20.5. The first-order chi connectivity index (χ1) is 14.1. The third-order valence-electron chi connectivity index (χ3n) is 6.42. The Kier molecular flexibility index (Phi) is 6.60. The van der Waals surface area contributed by atoms with Gasteiger partial charge in [-0.05, 0) is 62.7 Å². The molecule has 2 saturated heterocycles. The fourth-order valence-corrected chi connectivity index (χ4v) is 4.71. The number of hydrogen-bond donors (Lipinski definition) is 1. The molecule has 2 aliphatic heterocycles. The van der Waals surface area contributed by atoms with Crippen molar-refractivity contribution in [3.05, 3.63) is 41.8 Å². The van der Waals surface area contributed by atoms with Crippen LogP contribution in [0.1, 0.15) is 12.0 Å². The molecule has 0 saturated carbocycles. The lowest BCUT2D eigenvalue weighted by Crippen LogP contribution is -2.37. The predicted octanol–water partition coefficient (Wildman–Crippen LogP) is 1.26. The number of nitrogens with zero attached hydrogens (tertiary/aromatic N) is 4. The zero-order valence-electron chi connectivity index (χ0n) is 17.2. The molecule has 0 aliphatic carbocycles. The Morgan fingerprint density at radius 2 is 1.86 bits per heavy atom. The van der Waals surface area contributed by atoms with Crippen molar-refractivity contribution in [1.82, 2.24) is 24.9 Å². The van der Waals surface area contributed by atoms with E-state index < -0.39 is 0 Å². The Labute approximate surface area is 172 Å². The highest BCUT2D eigenvalue weighted by Crippen LogP contribution is 2.28. The number of aromatic nitrogens is 2. The molecule has 4 rings (SSSR count). The van der Waals surface area contributed by atoms with Crippen LogP contribution in [0.4, 0.5) is 4.39 Å². The van der Waals surface area contributed by atoms with Crippen molar-refractivity contribution >= 4 is 0 Å². The van der Waals surface area contributed by atoms with Gasteiger partial charge in [0.15, 0.2) is 0 Å². The van der Waals surface area contributed by atoms with Crippen LogP contribution in [0.2, 0.25) is 0 Å². The minimum absolute atomic E-state index is 0.00881. The average Bonchev–Trinajstić information content (AvgIpc) is 3.27. The van der Waals surface area contributed by atoms with Crippen molar-refractivity contribution in [1.29, 1.82) is 0 Å². The van der Waals surface area contributed by atoms with Gasteiger partial charge in [0.2, 0.25) is 0 Å². The number of aromatic amines is 1. The van der Waals surface area contributed by atoms with E-state index in [9.17, 15) is 9.50 Å². The summed E-state index contributed by atoms with van der Waals surface area (Å²) in [4.78, 5) is 7.32. The highest BCUT2D eigenvalue weighted by atomic mass is 19.1. The van der Waals surface area contributed by atoms with E-state index >= 15 is 0 Å². The maximum atomic E-state index is 13.3. The van der Waals surface area contributed by atoms with Gasteiger partial charge < -0.3 is 14.9 Å². The van der Waals surface area contributed by atoms with E-state index in [1.54, 1.807) is 12.1 Å². The molecule has 1 aromatic carbocycles. The summed E-state index contributed by atoms with van der Waals surface area (Å²) in [5, 5.41) is 19.1. The number of likely N-dealkylation sites (tertiary alicyclic amines) is 1. The molecule has 0 radical (unpaired) electrons. The van der Waals surface area contributed by atoms with Crippen LogP contribution in [0, 0.1) is 17.7 Å². The molecule has 0 spiro atoms. The molecular formula is C22H31FN5O-. The van der Waals surface area contributed by atoms with Crippen LogP contribution >= 0.6 is 0 Å². The van der Waals surface area contributed by atoms with E-state index in [0.717, 1.165) is 69.2 Å². The number of benzene rings is 1. The normalized spacial score (nSPS) is 24.8. The highest BCUT2D eigenvalue weighted by Gasteiger charge is 2.32. The molecule has 2 atom stereocenters. The number of hydrogen-bond acceptors (Lipinski definition) is 5. The molecule has 3 heterocycles. The molecular weight excluding hydrogens is 369 g/mol. The Morgan fingerprint density at radius 3 is 2.66 bits per heavy atom. The Morgan fingerprint density at radius 1 is 1.07 bits per heavy atom. The molecule has 158 valence electrons. The summed E-state index contributed by atoms with van der Waals surface area (Å²) in [6.45, 7) is 8.05. The monoisotopic (exact) mass is 400 g/mol. The van der Waals surface area contributed by atoms with E-state index in [-0.39, 0.29) is 18.3 Å². The molecule has 7 heteroatoms. The third kappa shape index (κ3) is 5.04. The summed E-state index contributed by atoms with van der Waals surface area (Å²) in [6, 6.07) is 6.49. The molecule has 2 aliphatic rings. The maximum Gasteiger partial charge on any atom is 0.123 e. The van der Waals surface area contributed by atoms with Crippen LogP contribution in [0.25, 0.3) is 11.3 Å².